The first kappa shape index (κ1) is 24.2. The van der Waals surface area contributed by atoms with Gasteiger partial charge in [-0.3, -0.25) is 9.59 Å². The van der Waals surface area contributed by atoms with Gasteiger partial charge in [0.2, 0.25) is 5.91 Å². The Morgan fingerprint density at radius 2 is 1.91 bits per heavy atom. The number of alkyl halides is 3. The van der Waals surface area contributed by atoms with Crippen LogP contribution in [0.5, 0.6) is 0 Å². The smallest absolute Gasteiger partial charge is 0.343 e. The summed E-state index contributed by atoms with van der Waals surface area (Å²) in [4.78, 5) is 25.9. The Labute approximate surface area is 187 Å². The molecule has 2 amide bonds. The maximum atomic E-state index is 12.9. The van der Waals surface area contributed by atoms with Crippen LogP contribution in [-0.4, -0.2) is 50.3 Å². The lowest BCUT2D eigenvalue weighted by atomic mass is 9.98. The first-order valence-electron chi connectivity index (χ1n) is 9.79. The highest BCUT2D eigenvalue weighted by Gasteiger charge is 2.34. The number of aryl methyl sites for hydroxylation is 1. The molecule has 7 nitrogen and oxygen atoms in total. The van der Waals surface area contributed by atoms with Crippen LogP contribution in [0.25, 0.3) is 0 Å². The molecule has 1 unspecified atom stereocenters. The predicted octanol–water partition coefficient (Wildman–Crippen LogP) is 3.39. The average Bonchev–Trinajstić information content (AvgIpc) is 3.19. The van der Waals surface area contributed by atoms with Crippen LogP contribution in [0.3, 0.4) is 0 Å². The summed E-state index contributed by atoms with van der Waals surface area (Å²) in [5.41, 5.74) is -0.0505. The zero-order valence-corrected chi connectivity index (χ0v) is 18.7. The molecule has 1 atom stereocenters. The molecule has 1 aliphatic heterocycles. The molecule has 3 rings (SSSR count). The fraction of sp³-hybridized carbons (Fsp3) is 0.400. The molecule has 12 heteroatoms. The van der Waals surface area contributed by atoms with E-state index in [0.29, 0.717) is 19.4 Å². The lowest BCUT2D eigenvalue weighted by Crippen LogP contribution is -2.43. The molecule has 1 aromatic carbocycles. The molecule has 1 aromatic heterocycles. The van der Waals surface area contributed by atoms with Gasteiger partial charge in [-0.25, -0.2) is 8.42 Å². The second kappa shape index (κ2) is 9.59. The number of amides is 2. The van der Waals surface area contributed by atoms with Gasteiger partial charge in [0.15, 0.2) is 0 Å². The van der Waals surface area contributed by atoms with Crippen molar-refractivity contribution in [2.24, 2.45) is 5.92 Å². The zero-order valence-electron chi connectivity index (χ0n) is 17.1. The van der Waals surface area contributed by atoms with E-state index in [9.17, 15) is 31.2 Å². The number of piperidine rings is 1. The van der Waals surface area contributed by atoms with E-state index < -0.39 is 40.5 Å². The summed E-state index contributed by atoms with van der Waals surface area (Å²) >= 11 is 1.16. The number of benzene rings is 1. The van der Waals surface area contributed by atoms with Crippen LogP contribution < -0.4 is 10.6 Å². The molecule has 1 saturated heterocycles. The molecule has 0 bridgehead atoms. The van der Waals surface area contributed by atoms with E-state index in [1.165, 1.54) is 34.6 Å². The van der Waals surface area contributed by atoms with E-state index in [1.54, 1.807) is 18.3 Å². The molecule has 32 heavy (non-hydrogen) atoms. The predicted molar refractivity (Wildman–Crippen MR) is 114 cm³/mol. The van der Waals surface area contributed by atoms with Gasteiger partial charge in [0.05, 0.1) is 17.2 Å². The van der Waals surface area contributed by atoms with Crippen molar-refractivity contribution in [3.8, 4) is 0 Å². The van der Waals surface area contributed by atoms with Crippen molar-refractivity contribution in [2.45, 2.75) is 30.2 Å². The van der Waals surface area contributed by atoms with Crippen LogP contribution in [-0.2, 0) is 14.8 Å². The number of nitrogens with one attached hydrogen (secondary N) is 2. The minimum Gasteiger partial charge on any atom is -0.343 e. The number of nitrogens with zero attached hydrogens (tertiary/aromatic N) is 1. The first-order valence-corrected chi connectivity index (χ1v) is 12.0. The largest absolute Gasteiger partial charge is 0.405 e. The van der Waals surface area contributed by atoms with E-state index in [1.807, 2.05) is 0 Å². The minimum atomic E-state index is -4.56. The van der Waals surface area contributed by atoms with Crippen molar-refractivity contribution in [2.75, 3.05) is 25.0 Å². The SMILES string of the molecule is Cc1ccc(S(=O)(=O)N2CCCC(C(=O)Nc3ccccc3C(=O)NCC(F)(F)F)C2)s1. The van der Waals surface area contributed by atoms with Crippen LogP contribution in [0, 0.1) is 12.8 Å². The van der Waals surface area contributed by atoms with Crippen molar-refractivity contribution in [1.82, 2.24) is 9.62 Å². The van der Waals surface area contributed by atoms with Crippen molar-refractivity contribution in [3.05, 3.63) is 46.8 Å². The summed E-state index contributed by atoms with van der Waals surface area (Å²) in [5, 5.41) is 4.35. The molecule has 1 aliphatic rings. The standard InChI is InChI=1S/C20H22F3N3O4S2/c1-13-8-9-17(31-13)32(29,30)26-10-4-5-14(11-26)18(27)25-16-7-3-2-6-15(16)19(28)24-12-20(21,22)23/h2-3,6-9,14H,4-5,10-12H2,1H3,(H,24,28)(H,25,27). The molecule has 2 heterocycles. The quantitative estimate of drug-likeness (QED) is 0.650. The summed E-state index contributed by atoms with van der Waals surface area (Å²) < 4.78 is 64.5. The van der Waals surface area contributed by atoms with Gasteiger partial charge in [-0.2, -0.15) is 17.5 Å². The number of hydrogen-bond donors (Lipinski definition) is 2. The van der Waals surface area contributed by atoms with Crippen LogP contribution in [0.4, 0.5) is 18.9 Å². The lowest BCUT2D eigenvalue weighted by Gasteiger charge is -2.31. The van der Waals surface area contributed by atoms with Crippen LogP contribution in [0.1, 0.15) is 28.1 Å². The van der Waals surface area contributed by atoms with E-state index >= 15 is 0 Å². The highest BCUT2D eigenvalue weighted by atomic mass is 32.2. The summed E-state index contributed by atoms with van der Waals surface area (Å²) in [5.74, 6) is -2.13. The highest BCUT2D eigenvalue weighted by Crippen LogP contribution is 2.29. The Bertz CT molecular complexity index is 1100. The van der Waals surface area contributed by atoms with Crippen LogP contribution >= 0.6 is 11.3 Å². The van der Waals surface area contributed by atoms with E-state index in [-0.39, 0.29) is 22.0 Å². The molecule has 0 aliphatic carbocycles. The van der Waals surface area contributed by atoms with Gasteiger partial charge in [-0.1, -0.05) is 12.1 Å². The summed E-state index contributed by atoms with van der Waals surface area (Å²) in [6.07, 6.45) is -3.63. The number of anilines is 1. The average molecular weight is 490 g/mol. The Morgan fingerprint density at radius 3 is 2.56 bits per heavy atom. The third kappa shape index (κ3) is 5.87. The Balaban J connectivity index is 1.70. The number of halogens is 3. The molecule has 1 fully saturated rings. The molecular formula is C20H22F3N3O4S2. The fourth-order valence-corrected chi connectivity index (χ4v) is 6.31. The molecular weight excluding hydrogens is 467 g/mol. The summed E-state index contributed by atoms with van der Waals surface area (Å²) in [7, 11) is -3.72. The van der Waals surface area contributed by atoms with E-state index in [4.69, 9.17) is 0 Å². The number of para-hydroxylation sites is 1. The third-order valence-electron chi connectivity index (χ3n) is 4.94. The van der Waals surface area contributed by atoms with Gasteiger partial charge in [-0.05, 0) is 44.0 Å². The fourth-order valence-electron chi connectivity index (χ4n) is 3.35. The van der Waals surface area contributed by atoms with Crippen molar-refractivity contribution >= 4 is 38.9 Å². The van der Waals surface area contributed by atoms with Crippen molar-refractivity contribution in [1.29, 1.82) is 0 Å². The summed E-state index contributed by atoms with van der Waals surface area (Å²) in [6, 6.07) is 8.97. The second-order valence-corrected chi connectivity index (χ2v) is 10.9. The second-order valence-electron chi connectivity index (χ2n) is 7.40. The number of sulfonamides is 1. The number of hydrogen-bond acceptors (Lipinski definition) is 5. The Hall–Kier alpha value is -2.44. The lowest BCUT2D eigenvalue weighted by molar-refractivity contribution is -0.123. The number of thiophene rings is 1. The molecule has 0 spiro atoms. The van der Waals surface area contributed by atoms with Gasteiger partial charge in [0, 0.05) is 18.0 Å². The number of carbonyl (C=O) groups is 2. The molecule has 2 aromatic rings. The molecule has 0 saturated carbocycles. The molecule has 2 N–H and O–H groups in total. The monoisotopic (exact) mass is 489 g/mol. The van der Waals surface area contributed by atoms with Gasteiger partial charge in [-0.15, -0.1) is 11.3 Å². The summed E-state index contributed by atoms with van der Waals surface area (Å²) in [6.45, 7) is 0.581. The van der Waals surface area contributed by atoms with Gasteiger partial charge in [0.1, 0.15) is 10.8 Å². The normalized spacial score (nSPS) is 17.7. The van der Waals surface area contributed by atoms with E-state index in [2.05, 4.69) is 5.32 Å². The maximum absolute atomic E-state index is 12.9. The highest BCUT2D eigenvalue weighted by molar-refractivity contribution is 7.91. The Kier molecular flexibility index (Phi) is 7.25. The van der Waals surface area contributed by atoms with Crippen molar-refractivity contribution < 1.29 is 31.2 Å². The van der Waals surface area contributed by atoms with Crippen LogP contribution in [0.2, 0.25) is 0 Å². The zero-order chi connectivity index (χ0) is 23.5. The van der Waals surface area contributed by atoms with Gasteiger partial charge >= 0.3 is 6.18 Å². The maximum Gasteiger partial charge on any atom is 0.405 e. The van der Waals surface area contributed by atoms with Gasteiger partial charge in [0.25, 0.3) is 15.9 Å². The Morgan fingerprint density at radius 1 is 1.19 bits per heavy atom. The van der Waals surface area contributed by atoms with Crippen LogP contribution in [0.15, 0.2) is 40.6 Å². The van der Waals surface area contributed by atoms with E-state index in [0.717, 1.165) is 16.2 Å². The topological polar surface area (TPSA) is 95.6 Å². The van der Waals surface area contributed by atoms with Gasteiger partial charge < -0.3 is 10.6 Å². The molecule has 174 valence electrons. The molecule has 0 radical (unpaired) electrons. The minimum absolute atomic E-state index is 0.0203. The number of carbonyl (C=O) groups excluding carboxylic acids is 2. The third-order valence-corrected chi connectivity index (χ3v) is 8.28. The first-order chi connectivity index (χ1) is 15.0. The number of rotatable bonds is 6. The van der Waals surface area contributed by atoms with Crippen molar-refractivity contribution in [3.63, 3.8) is 0 Å².